The van der Waals surface area contributed by atoms with Crippen LogP contribution in [0.1, 0.15) is 51.5 Å². The van der Waals surface area contributed by atoms with Crippen molar-refractivity contribution in [2.45, 2.75) is 52.1 Å². The van der Waals surface area contributed by atoms with Crippen LogP contribution < -0.4 is 14.5 Å². The maximum Gasteiger partial charge on any atom is 0.421 e. The summed E-state index contributed by atoms with van der Waals surface area (Å²) in [5, 5.41) is 0. The normalized spacial score (nSPS) is 16.4. The van der Waals surface area contributed by atoms with Crippen LogP contribution in [0.2, 0.25) is 0 Å². The van der Waals surface area contributed by atoms with Crippen LogP contribution in [0.25, 0.3) is 33.8 Å². The number of nitrogens with one attached hydrogen (secondary N) is 1. The predicted molar refractivity (Wildman–Crippen MR) is 182 cm³/mol. The van der Waals surface area contributed by atoms with E-state index >= 15 is 4.39 Å². The number of benzene rings is 1. The lowest BCUT2D eigenvalue weighted by Gasteiger charge is -2.44. The number of rotatable bonds is 12. The van der Waals surface area contributed by atoms with Gasteiger partial charge < -0.3 is 29.0 Å². The lowest BCUT2D eigenvalue weighted by atomic mass is 9.69. The molecule has 50 heavy (non-hydrogen) atoms. The molecule has 1 aliphatic carbocycles. The number of carbonyl (C=O) groups excluding carboxylic acids is 1. The van der Waals surface area contributed by atoms with Crippen molar-refractivity contribution >= 4 is 28.5 Å². The quantitative estimate of drug-likeness (QED) is 0.121. The number of pyridine rings is 2. The Labute approximate surface area is 288 Å². The van der Waals surface area contributed by atoms with Crippen molar-refractivity contribution in [1.29, 1.82) is 0 Å². The number of imidazole rings is 1. The number of hydrogen-bond acceptors (Lipinski definition) is 9. The maximum absolute atomic E-state index is 15.8. The number of methoxy groups -OCH3 is 1. The molecule has 14 heteroatoms. The van der Waals surface area contributed by atoms with E-state index in [-0.39, 0.29) is 52.2 Å². The summed E-state index contributed by atoms with van der Waals surface area (Å²) < 4.78 is 73.8. The van der Waals surface area contributed by atoms with Gasteiger partial charge in [0.1, 0.15) is 22.7 Å². The first kappa shape index (κ1) is 35.4. The van der Waals surface area contributed by atoms with Crippen molar-refractivity contribution < 1.29 is 36.6 Å². The van der Waals surface area contributed by atoms with Crippen LogP contribution in [0.3, 0.4) is 0 Å². The summed E-state index contributed by atoms with van der Waals surface area (Å²) in [4.78, 5) is 32.8. The van der Waals surface area contributed by atoms with Gasteiger partial charge in [-0.3, -0.25) is 4.79 Å². The highest BCUT2D eigenvalue weighted by molar-refractivity contribution is 5.91. The number of anilines is 2. The van der Waals surface area contributed by atoms with Crippen molar-refractivity contribution in [2.75, 3.05) is 63.4 Å². The fourth-order valence-electron chi connectivity index (χ4n) is 7.04. The Hall–Kier alpha value is -4.46. The molecule has 0 bridgehead atoms. The summed E-state index contributed by atoms with van der Waals surface area (Å²) in [6.45, 7) is 6.13. The van der Waals surface area contributed by atoms with Gasteiger partial charge in [-0.1, -0.05) is 6.42 Å². The number of aromatic amines is 1. The van der Waals surface area contributed by atoms with Crippen LogP contribution in [0, 0.1) is 17.2 Å². The fourth-order valence-corrected chi connectivity index (χ4v) is 7.04. The van der Waals surface area contributed by atoms with Crippen LogP contribution >= 0.6 is 0 Å². The summed E-state index contributed by atoms with van der Waals surface area (Å²) in [6.07, 6.45) is 0.893. The van der Waals surface area contributed by atoms with Crippen LogP contribution in [-0.4, -0.2) is 79.5 Å². The van der Waals surface area contributed by atoms with Gasteiger partial charge in [-0.25, -0.2) is 19.3 Å². The van der Waals surface area contributed by atoms with Crippen LogP contribution in [0.15, 0.2) is 36.5 Å². The Morgan fingerprint density at radius 3 is 2.48 bits per heavy atom. The molecule has 4 aromatic rings. The molecule has 0 unspecified atom stereocenters. The smallest absolute Gasteiger partial charge is 0.421 e. The molecule has 10 nitrogen and oxygen atoms in total. The molecule has 1 saturated heterocycles. The summed E-state index contributed by atoms with van der Waals surface area (Å²) in [6, 6.07) is 7.61. The number of ether oxygens (including phenoxy) is 3. The highest BCUT2D eigenvalue weighted by Gasteiger charge is 2.39. The number of nitrogens with zero attached hydrogens (tertiary/aromatic N) is 5. The average molecular weight is 699 g/mol. The average Bonchev–Trinajstić information content (AvgIpc) is 3.51. The van der Waals surface area contributed by atoms with E-state index < -0.39 is 23.4 Å². The molecular weight excluding hydrogens is 656 g/mol. The van der Waals surface area contributed by atoms with Gasteiger partial charge in [0, 0.05) is 56.7 Å². The molecule has 2 fully saturated rings. The minimum atomic E-state index is -4.70. The Morgan fingerprint density at radius 1 is 1.10 bits per heavy atom. The van der Waals surface area contributed by atoms with Gasteiger partial charge in [-0.2, -0.15) is 13.2 Å². The van der Waals surface area contributed by atoms with E-state index in [1.807, 2.05) is 22.9 Å². The first-order valence-corrected chi connectivity index (χ1v) is 17.0. The summed E-state index contributed by atoms with van der Waals surface area (Å²) in [5.74, 6) is -1.12. The van der Waals surface area contributed by atoms with Crippen molar-refractivity contribution in [3.63, 3.8) is 0 Å². The maximum atomic E-state index is 15.8. The highest BCUT2D eigenvalue weighted by atomic mass is 19.4. The predicted octanol–water partition coefficient (Wildman–Crippen LogP) is 7.28. The minimum absolute atomic E-state index is 0.0272. The second-order valence-electron chi connectivity index (χ2n) is 13.1. The van der Waals surface area contributed by atoms with Gasteiger partial charge in [-0.05, 0) is 69.9 Å². The molecule has 1 N–H and O–H groups in total. The van der Waals surface area contributed by atoms with E-state index in [9.17, 15) is 18.0 Å². The third-order valence-electron chi connectivity index (χ3n) is 9.71. The topological polar surface area (TPSA) is 106 Å². The Bertz CT molecular complexity index is 1840. The number of piperidine rings is 1. The molecule has 4 heterocycles. The van der Waals surface area contributed by atoms with Crippen molar-refractivity contribution in [1.82, 2.24) is 19.9 Å². The van der Waals surface area contributed by atoms with E-state index in [2.05, 4.69) is 19.9 Å². The van der Waals surface area contributed by atoms with Crippen molar-refractivity contribution in [3.05, 3.63) is 47.9 Å². The molecule has 2 aliphatic rings. The standard InChI is InChI=1S/C36H42F4N6O4/c1-5-49-33-26(36(38,39)40)16-23(19-41-33)28-18-29(45(3)20-35(21-48-4)12-7-13-35)30-32(42-28)44-31(43-30)25-9-8-24(17-27(25)37)46-14-10-22(11-15-46)34(47)50-6-2/h8-9,16-19,22H,5-7,10-15,20-21H2,1-4H3,(H,42,43,44). The zero-order valence-corrected chi connectivity index (χ0v) is 28.7. The Kier molecular flexibility index (Phi) is 10.2. The van der Waals surface area contributed by atoms with Gasteiger partial charge in [0.2, 0.25) is 5.88 Å². The fraction of sp³-hybridized carbons (Fsp3) is 0.500. The van der Waals surface area contributed by atoms with E-state index in [0.29, 0.717) is 62.6 Å². The summed E-state index contributed by atoms with van der Waals surface area (Å²) in [5.41, 5.74) is 1.61. The molecule has 3 aromatic heterocycles. The number of H-pyrrole nitrogens is 1. The van der Waals surface area contributed by atoms with Gasteiger partial charge >= 0.3 is 12.1 Å². The summed E-state index contributed by atoms with van der Waals surface area (Å²) >= 11 is 0. The van der Waals surface area contributed by atoms with Gasteiger partial charge in [0.25, 0.3) is 0 Å². The lowest BCUT2D eigenvalue weighted by Crippen LogP contribution is -2.44. The second-order valence-corrected chi connectivity index (χ2v) is 13.1. The lowest BCUT2D eigenvalue weighted by molar-refractivity contribution is -0.148. The molecule has 0 radical (unpaired) electrons. The molecule has 1 aromatic carbocycles. The zero-order valence-electron chi connectivity index (χ0n) is 28.7. The highest BCUT2D eigenvalue weighted by Crippen LogP contribution is 2.44. The van der Waals surface area contributed by atoms with E-state index in [1.54, 1.807) is 33.1 Å². The number of alkyl halides is 3. The molecular formula is C36H42F4N6O4. The number of aromatic nitrogens is 4. The van der Waals surface area contributed by atoms with Crippen molar-refractivity contribution in [3.8, 4) is 28.5 Å². The minimum Gasteiger partial charge on any atom is -0.478 e. The van der Waals surface area contributed by atoms with Gasteiger partial charge in [0.05, 0.1) is 42.7 Å². The summed E-state index contributed by atoms with van der Waals surface area (Å²) in [7, 11) is 3.58. The third kappa shape index (κ3) is 7.21. The molecule has 0 atom stereocenters. The number of carbonyl (C=O) groups is 1. The SMILES string of the molecule is CCOC(=O)C1CCN(c2ccc(-c3nc4nc(-c5cnc(OCC)c(C(F)(F)F)c5)cc(N(C)CC5(COC)CCC5)c4[nH]3)c(F)c2)CC1. The molecule has 0 spiro atoms. The monoisotopic (exact) mass is 698 g/mol. The molecule has 6 rings (SSSR count). The molecule has 1 aliphatic heterocycles. The van der Waals surface area contributed by atoms with Crippen LogP contribution in [-0.2, 0) is 20.4 Å². The van der Waals surface area contributed by atoms with E-state index in [0.717, 1.165) is 25.3 Å². The van der Waals surface area contributed by atoms with Crippen molar-refractivity contribution in [2.24, 2.45) is 11.3 Å². The second kappa shape index (κ2) is 14.4. The third-order valence-corrected chi connectivity index (χ3v) is 9.71. The number of halogens is 4. The molecule has 0 amide bonds. The van der Waals surface area contributed by atoms with Crippen LogP contribution in [0.5, 0.6) is 5.88 Å². The molecule has 1 saturated carbocycles. The first-order valence-electron chi connectivity index (χ1n) is 17.0. The number of fused-ring (bicyclic) bond motifs is 1. The largest absolute Gasteiger partial charge is 0.478 e. The van der Waals surface area contributed by atoms with Crippen LogP contribution in [0.4, 0.5) is 28.9 Å². The van der Waals surface area contributed by atoms with E-state index in [4.69, 9.17) is 14.2 Å². The van der Waals surface area contributed by atoms with E-state index in [1.165, 1.54) is 12.3 Å². The number of esters is 1. The molecule has 268 valence electrons. The zero-order chi connectivity index (χ0) is 35.6. The Morgan fingerprint density at radius 2 is 1.86 bits per heavy atom. The number of hydrogen-bond donors (Lipinski definition) is 1. The van der Waals surface area contributed by atoms with Gasteiger partial charge in [0.15, 0.2) is 5.65 Å². The Balaban J connectivity index is 1.36. The first-order chi connectivity index (χ1) is 23.9. The van der Waals surface area contributed by atoms with Gasteiger partial charge in [-0.15, -0.1) is 0 Å².